The van der Waals surface area contributed by atoms with Gasteiger partial charge in [-0.25, -0.2) is 0 Å². The van der Waals surface area contributed by atoms with Crippen LogP contribution in [0.2, 0.25) is 0 Å². The minimum Gasteiger partial charge on any atom is -0.309 e. The third-order valence-electron chi connectivity index (χ3n) is 9.40. The molecule has 4 nitrogen and oxygen atoms in total. The molecule has 0 saturated carbocycles. The van der Waals surface area contributed by atoms with Crippen LogP contribution in [0.25, 0.3) is 50.8 Å². The largest absolute Gasteiger partial charge is 0.309 e. The molecule has 7 rings (SSSR count). The van der Waals surface area contributed by atoms with E-state index in [1.54, 1.807) is 0 Å². The Morgan fingerprint density at radius 2 is 1.20 bits per heavy atom. The van der Waals surface area contributed by atoms with Crippen molar-refractivity contribution in [2.75, 3.05) is 6.54 Å². The molecule has 6 aromatic rings. The third kappa shape index (κ3) is 5.45. The maximum absolute atomic E-state index is 13.3. The van der Waals surface area contributed by atoms with Gasteiger partial charge in [0.15, 0.2) is 0 Å². The van der Waals surface area contributed by atoms with Crippen molar-refractivity contribution >= 4 is 45.8 Å². The van der Waals surface area contributed by atoms with Gasteiger partial charge in [-0.05, 0) is 71.0 Å². The Bertz CT molecular complexity index is 2030. The van der Waals surface area contributed by atoms with Gasteiger partial charge in [0.2, 0.25) is 0 Å². The van der Waals surface area contributed by atoms with E-state index in [0.717, 1.165) is 53.6 Å². The highest BCUT2D eigenvalue weighted by atomic mass is 16.2. The normalized spacial score (nSPS) is 13.7. The number of rotatable bonds is 10. The molecule has 4 heteroatoms. The van der Waals surface area contributed by atoms with E-state index in [-0.39, 0.29) is 11.8 Å². The van der Waals surface area contributed by atoms with Crippen LogP contribution in [0.3, 0.4) is 0 Å². The first-order valence-corrected chi connectivity index (χ1v) is 16.4. The second-order valence-electron chi connectivity index (χ2n) is 12.3. The molecule has 2 heterocycles. The zero-order valence-corrected chi connectivity index (χ0v) is 26.4. The molecule has 1 unspecified atom stereocenters. The summed E-state index contributed by atoms with van der Waals surface area (Å²) in [5, 5.41) is 2.52. The summed E-state index contributed by atoms with van der Waals surface area (Å²) in [6.45, 7) is 4.81. The number of aromatic nitrogens is 1. The lowest BCUT2D eigenvalue weighted by Crippen LogP contribution is -2.34. The van der Waals surface area contributed by atoms with Crippen LogP contribution in [0, 0.1) is 5.92 Å². The van der Waals surface area contributed by atoms with E-state index >= 15 is 0 Å². The summed E-state index contributed by atoms with van der Waals surface area (Å²) in [7, 11) is 0. The Morgan fingerprint density at radius 3 is 1.80 bits per heavy atom. The maximum Gasteiger partial charge on any atom is 0.261 e. The first-order chi connectivity index (χ1) is 22.6. The summed E-state index contributed by atoms with van der Waals surface area (Å²) in [6.07, 6.45) is 8.49. The first kappa shape index (κ1) is 29.5. The van der Waals surface area contributed by atoms with E-state index in [1.165, 1.54) is 26.7 Å². The zero-order chi connectivity index (χ0) is 31.6. The Hall–Kier alpha value is -5.22. The van der Waals surface area contributed by atoms with Crippen molar-refractivity contribution < 1.29 is 9.59 Å². The number of amides is 2. The second-order valence-corrected chi connectivity index (χ2v) is 12.3. The molecule has 2 amide bonds. The highest BCUT2D eigenvalue weighted by Gasteiger charge is 2.36. The fourth-order valence-corrected chi connectivity index (χ4v) is 6.73. The first-order valence-electron chi connectivity index (χ1n) is 16.4. The number of carbonyl (C=O) groups is 2. The molecule has 5 aromatic carbocycles. The van der Waals surface area contributed by atoms with Gasteiger partial charge in [-0.15, -0.1) is 0 Å². The van der Waals surface area contributed by atoms with E-state index in [0.29, 0.717) is 23.6 Å². The molecule has 228 valence electrons. The minimum absolute atomic E-state index is 0.162. The summed E-state index contributed by atoms with van der Waals surface area (Å²) in [5.74, 6) is 0.0193. The van der Waals surface area contributed by atoms with Gasteiger partial charge in [0.25, 0.3) is 11.8 Å². The molecular weight excluding hydrogens is 564 g/mol. The maximum atomic E-state index is 13.3. The number of unbranched alkanes of at least 4 members (excludes halogenated alkanes) is 1. The number of imide groups is 1. The Morgan fingerprint density at radius 1 is 0.630 bits per heavy atom. The predicted octanol–water partition coefficient (Wildman–Crippen LogP) is 10.4. The minimum atomic E-state index is -0.166. The predicted molar refractivity (Wildman–Crippen MR) is 190 cm³/mol. The van der Waals surface area contributed by atoms with Crippen molar-refractivity contribution in [3.63, 3.8) is 0 Å². The fraction of sp³-hybridized carbons (Fsp3) is 0.190. The third-order valence-corrected chi connectivity index (χ3v) is 9.40. The number of carbonyl (C=O) groups excluding carboxylic acids is 2. The van der Waals surface area contributed by atoms with E-state index < -0.39 is 0 Å². The smallest absolute Gasteiger partial charge is 0.261 e. The van der Waals surface area contributed by atoms with Crippen molar-refractivity contribution in [1.29, 1.82) is 0 Å². The van der Waals surface area contributed by atoms with Crippen LogP contribution in [-0.2, 0) is 0 Å². The quantitative estimate of drug-likeness (QED) is 0.116. The second kappa shape index (κ2) is 12.6. The highest BCUT2D eigenvalue weighted by molar-refractivity contribution is 6.21. The molecule has 0 N–H and O–H groups in total. The van der Waals surface area contributed by atoms with Crippen LogP contribution >= 0.6 is 0 Å². The number of fused-ring (bicyclic) bond motifs is 4. The molecule has 0 fully saturated rings. The number of benzene rings is 5. The van der Waals surface area contributed by atoms with Crippen LogP contribution in [0.15, 0.2) is 115 Å². The summed E-state index contributed by atoms with van der Waals surface area (Å²) < 4.78 is 2.33. The molecule has 46 heavy (non-hydrogen) atoms. The molecule has 1 aliphatic heterocycles. The van der Waals surface area contributed by atoms with Crippen LogP contribution in [-0.4, -0.2) is 27.8 Å². The molecule has 0 bridgehead atoms. The lowest BCUT2D eigenvalue weighted by molar-refractivity contribution is 0.0624. The summed E-state index contributed by atoms with van der Waals surface area (Å²) in [5.41, 5.74) is 8.75. The van der Waals surface area contributed by atoms with Gasteiger partial charge in [0.1, 0.15) is 0 Å². The van der Waals surface area contributed by atoms with E-state index in [9.17, 15) is 9.59 Å². The van der Waals surface area contributed by atoms with Gasteiger partial charge in [-0.1, -0.05) is 124 Å². The zero-order valence-electron chi connectivity index (χ0n) is 26.4. The monoisotopic (exact) mass is 602 g/mol. The van der Waals surface area contributed by atoms with Crippen LogP contribution < -0.4 is 0 Å². The Labute approximate surface area is 270 Å². The van der Waals surface area contributed by atoms with Crippen molar-refractivity contribution in [3.05, 3.63) is 138 Å². The topological polar surface area (TPSA) is 42.3 Å². The van der Waals surface area contributed by atoms with Crippen molar-refractivity contribution in [3.8, 4) is 16.8 Å². The van der Waals surface area contributed by atoms with Crippen LogP contribution in [0.1, 0.15) is 71.4 Å². The molecular formula is C42H38N2O2. The highest BCUT2D eigenvalue weighted by Crippen LogP contribution is 2.33. The average Bonchev–Trinajstić information content (AvgIpc) is 3.56. The van der Waals surface area contributed by atoms with Gasteiger partial charge >= 0.3 is 0 Å². The van der Waals surface area contributed by atoms with E-state index in [1.807, 2.05) is 18.2 Å². The van der Waals surface area contributed by atoms with Gasteiger partial charge < -0.3 is 4.57 Å². The average molecular weight is 603 g/mol. The van der Waals surface area contributed by atoms with E-state index in [4.69, 9.17) is 0 Å². The SMILES string of the molecule is CCCCC(CC)CN1C(=O)c2ccc(-c3ccc(/C=C/c4ccc(-n5c6ccccc6c6ccccc65)cc4)cc3)cc2C1=O. The van der Waals surface area contributed by atoms with Gasteiger partial charge in [-0.3, -0.25) is 14.5 Å². The summed E-state index contributed by atoms with van der Waals surface area (Å²) in [4.78, 5) is 27.8. The molecule has 1 atom stereocenters. The number of nitrogens with zero attached hydrogens (tertiary/aromatic N) is 2. The Kier molecular flexibility index (Phi) is 8.11. The Balaban J connectivity index is 1.06. The van der Waals surface area contributed by atoms with Gasteiger partial charge in [-0.2, -0.15) is 0 Å². The molecule has 0 radical (unpaired) electrons. The van der Waals surface area contributed by atoms with Crippen LogP contribution in [0.4, 0.5) is 0 Å². The lowest BCUT2D eigenvalue weighted by atomic mass is 9.99. The molecule has 0 aliphatic carbocycles. The van der Waals surface area contributed by atoms with Gasteiger partial charge in [0.05, 0.1) is 22.2 Å². The number of para-hydroxylation sites is 2. The van der Waals surface area contributed by atoms with Crippen molar-refractivity contribution in [2.45, 2.75) is 39.5 Å². The standard InChI is InChI=1S/C42H38N2O2/c1-3-5-10-29(4-2)28-43-41(45)37-26-23-33(27-38(37)42(43)46)32-21-17-30(18-22-32)15-16-31-19-24-34(25-20-31)44-39-13-8-6-11-35(39)36-12-7-9-14-40(36)44/h6-9,11-27,29H,3-5,10,28H2,1-2H3/b16-15+. The number of hydrogen-bond donors (Lipinski definition) is 0. The molecule has 1 aliphatic rings. The summed E-state index contributed by atoms with van der Waals surface area (Å²) in [6, 6.07) is 39.7. The lowest BCUT2D eigenvalue weighted by Gasteiger charge is -2.21. The van der Waals surface area contributed by atoms with Crippen molar-refractivity contribution in [2.24, 2.45) is 5.92 Å². The van der Waals surface area contributed by atoms with E-state index in [2.05, 4.69) is 128 Å². The molecule has 0 saturated heterocycles. The van der Waals surface area contributed by atoms with Crippen molar-refractivity contribution in [1.82, 2.24) is 9.47 Å². The fourth-order valence-electron chi connectivity index (χ4n) is 6.73. The number of hydrogen-bond acceptors (Lipinski definition) is 2. The van der Waals surface area contributed by atoms with Gasteiger partial charge in [0, 0.05) is 23.0 Å². The molecule has 0 spiro atoms. The van der Waals surface area contributed by atoms with Crippen LogP contribution in [0.5, 0.6) is 0 Å². The molecule has 1 aromatic heterocycles. The summed E-state index contributed by atoms with van der Waals surface area (Å²) >= 11 is 0.